The van der Waals surface area contributed by atoms with Gasteiger partial charge < -0.3 is 14.8 Å². The number of thiazole rings is 1. The van der Waals surface area contributed by atoms with Crippen molar-refractivity contribution in [2.75, 3.05) is 19.8 Å². The molecule has 0 saturated carbocycles. The Kier molecular flexibility index (Phi) is 4.11. The van der Waals surface area contributed by atoms with E-state index in [9.17, 15) is 9.59 Å². The monoisotopic (exact) mass is 349 g/mol. The molecule has 2 aliphatic heterocycles. The van der Waals surface area contributed by atoms with Crippen molar-refractivity contribution >= 4 is 22.2 Å². The van der Waals surface area contributed by atoms with E-state index in [-0.39, 0.29) is 17.6 Å². The number of rotatable bonds is 2. The first-order chi connectivity index (χ1) is 11.7. The molecule has 1 unspecified atom stereocenters. The second kappa shape index (κ2) is 6.27. The molecule has 24 heavy (non-hydrogen) atoms. The van der Waals surface area contributed by atoms with Crippen molar-refractivity contribution in [3.8, 4) is 0 Å². The molecule has 128 valence electrons. The van der Waals surface area contributed by atoms with Gasteiger partial charge in [-0.2, -0.15) is 4.98 Å². The second-order valence-corrected chi connectivity index (χ2v) is 7.22. The number of hydrogen-bond donors (Lipinski definition) is 1. The molecule has 2 fully saturated rings. The summed E-state index contributed by atoms with van der Waals surface area (Å²) in [6, 6.07) is 1.33. The maximum absolute atomic E-state index is 12.7. The van der Waals surface area contributed by atoms with Gasteiger partial charge in [-0.3, -0.25) is 14.0 Å². The number of hydrogen-bond acceptors (Lipinski definition) is 6. The smallest absolute Gasteiger partial charge is 0.274 e. The van der Waals surface area contributed by atoms with E-state index in [1.165, 1.54) is 17.4 Å². The molecule has 2 saturated heterocycles. The number of carbonyl (C=O) groups is 1. The van der Waals surface area contributed by atoms with E-state index in [1.807, 2.05) is 5.38 Å². The van der Waals surface area contributed by atoms with E-state index in [4.69, 9.17) is 9.47 Å². The molecule has 1 N–H and O–H groups in total. The summed E-state index contributed by atoms with van der Waals surface area (Å²) in [5, 5.41) is 4.88. The summed E-state index contributed by atoms with van der Waals surface area (Å²) in [5.41, 5.74) is -0.240. The van der Waals surface area contributed by atoms with E-state index in [1.54, 1.807) is 10.6 Å². The zero-order chi connectivity index (χ0) is 16.6. The molecule has 1 atom stereocenters. The fourth-order valence-electron chi connectivity index (χ4n) is 3.53. The van der Waals surface area contributed by atoms with Crippen LogP contribution in [0.25, 0.3) is 4.96 Å². The molecule has 2 aromatic heterocycles. The van der Waals surface area contributed by atoms with Crippen LogP contribution < -0.4 is 10.9 Å². The van der Waals surface area contributed by atoms with Gasteiger partial charge in [0.2, 0.25) is 0 Å². The van der Waals surface area contributed by atoms with Crippen molar-refractivity contribution in [3.63, 3.8) is 0 Å². The molecular weight excluding hydrogens is 330 g/mol. The quantitative estimate of drug-likeness (QED) is 0.881. The van der Waals surface area contributed by atoms with Crippen molar-refractivity contribution in [1.82, 2.24) is 14.7 Å². The van der Waals surface area contributed by atoms with Crippen molar-refractivity contribution in [1.29, 1.82) is 0 Å². The van der Waals surface area contributed by atoms with Crippen LogP contribution in [0.1, 0.15) is 36.2 Å². The lowest BCUT2D eigenvalue weighted by molar-refractivity contribution is -0.139. The van der Waals surface area contributed by atoms with Crippen LogP contribution >= 0.6 is 11.3 Å². The average molecular weight is 349 g/mol. The summed E-state index contributed by atoms with van der Waals surface area (Å²) in [5.74, 6) is -0.239. The van der Waals surface area contributed by atoms with Crippen molar-refractivity contribution in [3.05, 3.63) is 33.7 Å². The van der Waals surface area contributed by atoms with E-state index in [0.717, 1.165) is 25.7 Å². The summed E-state index contributed by atoms with van der Waals surface area (Å²) >= 11 is 1.33. The summed E-state index contributed by atoms with van der Waals surface area (Å²) in [7, 11) is 0. The average Bonchev–Trinajstić information content (AvgIpc) is 3.03. The Labute approximate surface area is 142 Å². The lowest BCUT2D eigenvalue weighted by atomic mass is 9.84. The number of ether oxygens (including phenoxy) is 2. The van der Waals surface area contributed by atoms with Gasteiger partial charge in [-0.15, -0.1) is 11.3 Å². The van der Waals surface area contributed by atoms with Crippen LogP contribution in [0.3, 0.4) is 0 Å². The molecule has 7 nitrogen and oxygen atoms in total. The first-order valence-corrected chi connectivity index (χ1v) is 9.03. The van der Waals surface area contributed by atoms with Crippen LogP contribution in [0.15, 0.2) is 22.4 Å². The van der Waals surface area contributed by atoms with E-state index >= 15 is 0 Å². The summed E-state index contributed by atoms with van der Waals surface area (Å²) in [4.78, 5) is 28.8. The normalized spacial score (nSPS) is 23.4. The molecule has 0 aromatic carbocycles. The molecule has 4 heterocycles. The summed E-state index contributed by atoms with van der Waals surface area (Å²) in [6.07, 6.45) is 5.05. The van der Waals surface area contributed by atoms with E-state index < -0.39 is 5.56 Å². The molecular formula is C16H19N3O4S. The molecule has 2 aliphatic rings. The Hall–Kier alpha value is -1.77. The summed E-state index contributed by atoms with van der Waals surface area (Å²) in [6.45, 7) is 2.04. The third kappa shape index (κ3) is 2.97. The molecule has 0 radical (unpaired) electrons. The van der Waals surface area contributed by atoms with Gasteiger partial charge in [0.15, 0.2) is 4.96 Å². The lowest BCUT2D eigenvalue weighted by Crippen LogP contribution is -2.51. The minimum atomic E-state index is -0.393. The molecule has 2 aromatic rings. The maximum Gasteiger partial charge on any atom is 0.274 e. The van der Waals surface area contributed by atoms with Gasteiger partial charge >= 0.3 is 0 Å². The number of nitrogens with one attached hydrogen (secondary N) is 1. The zero-order valence-electron chi connectivity index (χ0n) is 13.2. The van der Waals surface area contributed by atoms with Crippen LogP contribution in [-0.2, 0) is 9.47 Å². The van der Waals surface area contributed by atoms with Crippen LogP contribution in [-0.4, -0.2) is 46.8 Å². The highest BCUT2D eigenvalue weighted by atomic mass is 32.1. The van der Waals surface area contributed by atoms with E-state index in [2.05, 4.69) is 10.3 Å². The highest BCUT2D eigenvalue weighted by molar-refractivity contribution is 7.15. The number of fused-ring (bicyclic) bond motifs is 1. The molecule has 0 bridgehead atoms. The number of aromatic nitrogens is 2. The van der Waals surface area contributed by atoms with Gasteiger partial charge in [0, 0.05) is 43.5 Å². The van der Waals surface area contributed by atoms with Crippen LogP contribution in [0.5, 0.6) is 0 Å². The lowest BCUT2D eigenvalue weighted by Gasteiger charge is -2.43. The molecule has 1 spiro atoms. The van der Waals surface area contributed by atoms with Crippen molar-refractivity contribution in [2.24, 2.45) is 0 Å². The Balaban J connectivity index is 1.53. The topological polar surface area (TPSA) is 81.9 Å². The molecule has 1 amide bonds. The standard InChI is InChI=1S/C16H19N3O4S/c20-13-9-12(19-4-8-24-15(19)18-13)14(21)17-11-1-5-23-16(10-11)2-6-22-7-3-16/h4,8-9,11H,1-3,5-7,10H2,(H,17,21). The van der Waals surface area contributed by atoms with Crippen molar-refractivity contribution in [2.45, 2.75) is 37.3 Å². The predicted molar refractivity (Wildman–Crippen MR) is 88.6 cm³/mol. The minimum absolute atomic E-state index is 0.0434. The van der Waals surface area contributed by atoms with Crippen LogP contribution in [0.4, 0.5) is 0 Å². The van der Waals surface area contributed by atoms with Crippen molar-refractivity contribution < 1.29 is 14.3 Å². The Morgan fingerprint density at radius 2 is 2.21 bits per heavy atom. The highest BCUT2D eigenvalue weighted by Crippen LogP contribution is 2.34. The number of amides is 1. The Morgan fingerprint density at radius 3 is 3.04 bits per heavy atom. The zero-order valence-corrected chi connectivity index (χ0v) is 14.0. The number of carbonyl (C=O) groups excluding carboxylic acids is 1. The van der Waals surface area contributed by atoms with Gasteiger partial charge in [-0.25, -0.2) is 0 Å². The highest BCUT2D eigenvalue weighted by Gasteiger charge is 2.39. The summed E-state index contributed by atoms with van der Waals surface area (Å²) < 4.78 is 13.1. The third-order valence-electron chi connectivity index (χ3n) is 4.78. The van der Waals surface area contributed by atoms with Gasteiger partial charge in [0.1, 0.15) is 5.69 Å². The maximum atomic E-state index is 12.7. The Morgan fingerprint density at radius 1 is 1.38 bits per heavy atom. The van der Waals surface area contributed by atoms with E-state index in [0.29, 0.717) is 30.5 Å². The van der Waals surface area contributed by atoms with Gasteiger partial charge in [0.25, 0.3) is 11.5 Å². The molecule has 0 aliphatic carbocycles. The molecule has 8 heteroatoms. The predicted octanol–water partition coefficient (Wildman–Crippen LogP) is 1.21. The van der Waals surface area contributed by atoms with Gasteiger partial charge in [-0.05, 0) is 25.7 Å². The first kappa shape index (κ1) is 15.7. The fraction of sp³-hybridized carbons (Fsp3) is 0.562. The first-order valence-electron chi connectivity index (χ1n) is 8.15. The Bertz CT molecular complexity index is 803. The van der Waals surface area contributed by atoms with Crippen LogP contribution in [0.2, 0.25) is 0 Å². The van der Waals surface area contributed by atoms with Gasteiger partial charge in [0.05, 0.1) is 5.60 Å². The SMILES string of the molecule is O=C(NC1CCOC2(CCOCC2)C1)c1cc(=O)nc2sccn12. The second-order valence-electron chi connectivity index (χ2n) is 6.34. The number of nitrogens with zero attached hydrogens (tertiary/aromatic N) is 2. The minimum Gasteiger partial charge on any atom is -0.381 e. The third-order valence-corrected chi connectivity index (χ3v) is 5.54. The van der Waals surface area contributed by atoms with Gasteiger partial charge in [-0.1, -0.05) is 0 Å². The fourth-order valence-corrected chi connectivity index (χ4v) is 4.25. The largest absolute Gasteiger partial charge is 0.381 e. The molecule has 4 rings (SSSR count). The van der Waals surface area contributed by atoms with Crippen LogP contribution in [0, 0.1) is 0 Å².